The summed E-state index contributed by atoms with van der Waals surface area (Å²) >= 11 is 0. The van der Waals surface area contributed by atoms with Crippen molar-refractivity contribution in [2.45, 2.75) is 25.2 Å². The molecular weight excluding hydrogens is 344 g/mol. The fourth-order valence-corrected chi connectivity index (χ4v) is 3.00. The van der Waals surface area contributed by atoms with Crippen molar-refractivity contribution in [1.29, 1.82) is 0 Å². The second kappa shape index (κ2) is 6.94. The van der Waals surface area contributed by atoms with Crippen molar-refractivity contribution in [2.24, 2.45) is 4.99 Å². The van der Waals surface area contributed by atoms with E-state index in [1.54, 1.807) is 18.4 Å². The van der Waals surface area contributed by atoms with E-state index in [0.29, 0.717) is 28.7 Å². The molecule has 0 bridgehead atoms. The monoisotopic (exact) mass is 364 g/mol. The van der Waals surface area contributed by atoms with Crippen LogP contribution in [0, 0.1) is 0 Å². The fraction of sp³-hybridized carbons (Fsp3) is 0.250. The summed E-state index contributed by atoms with van der Waals surface area (Å²) in [4.78, 5) is 13.1. The van der Waals surface area contributed by atoms with Crippen LogP contribution in [0.4, 0.5) is 11.5 Å². The van der Waals surface area contributed by atoms with Gasteiger partial charge in [-0.15, -0.1) is 0 Å². The molecule has 1 aliphatic carbocycles. The molecule has 2 atom stereocenters. The molecule has 1 aliphatic heterocycles. The van der Waals surface area contributed by atoms with Crippen LogP contribution in [-0.2, 0) is 4.74 Å². The first-order valence-electron chi connectivity index (χ1n) is 8.67. The van der Waals surface area contributed by atoms with E-state index in [-0.39, 0.29) is 12.5 Å². The first-order chi connectivity index (χ1) is 13.1. The molecule has 27 heavy (non-hydrogen) atoms. The first kappa shape index (κ1) is 17.4. The topological polar surface area (TPSA) is 88.9 Å². The van der Waals surface area contributed by atoms with Crippen LogP contribution in [0.1, 0.15) is 24.9 Å². The number of aromatic nitrogens is 2. The van der Waals surface area contributed by atoms with Gasteiger partial charge in [0, 0.05) is 25.3 Å². The SMILES string of the molecule is COC1(O)C=C2C=Nc3c(N[C@H](C)c4ccccc4)ncnc3OC2=CC1. The van der Waals surface area contributed by atoms with Gasteiger partial charge in [-0.1, -0.05) is 30.3 Å². The number of rotatable bonds is 4. The summed E-state index contributed by atoms with van der Waals surface area (Å²) in [6, 6.07) is 10.1. The predicted molar refractivity (Wildman–Crippen MR) is 102 cm³/mol. The summed E-state index contributed by atoms with van der Waals surface area (Å²) in [5.74, 6) is 0.162. The minimum absolute atomic E-state index is 0.0305. The standard InChI is InChI=1S/C20H20N4O3/c1-13(14-6-4-3-5-7-14)24-18-17-19(23-12-22-18)27-16-8-9-20(25,26-2)10-15(16)11-21-17/h3-8,10-13,25H,9H2,1-2H3,(H,22,23,24)/t13-,20?/m1/s1. The Morgan fingerprint density at radius 2 is 2.07 bits per heavy atom. The number of nitrogens with zero attached hydrogens (tertiary/aromatic N) is 3. The molecule has 4 rings (SSSR count). The van der Waals surface area contributed by atoms with E-state index in [2.05, 4.69) is 27.2 Å². The molecule has 0 saturated carbocycles. The lowest BCUT2D eigenvalue weighted by molar-refractivity contribution is -0.144. The van der Waals surface area contributed by atoms with Crippen molar-refractivity contribution in [1.82, 2.24) is 9.97 Å². The predicted octanol–water partition coefficient (Wildman–Crippen LogP) is 3.29. The molecule has 1 aromatic heterocycles. The van der Waals surface area contributed by atoms with E-state index in [9.17, 15) is 5.11 Å². The number of aliphatic imine (C=N–C) groups is 1. The Labute approximate surface area is 157 Å². The molecule has 2 aliphatic rings. The molecule has 2 heterocycles. The van der Waals surface area contributed by atoms with Gasteiger partial charge in [0.05, 0.1) is 6.04 Å². The minimum Gasteiger partial charge on any atom is -0.437 e. The van der Waals surface area contributed by atoms with Gasteiger partial charge in [0.2, 0.25) is 0 Å². The second-order valence-corrected chi connectivity index (χ2v) is 6.43. The van der Waals surface area contributed by atoms with Crippen LogP contribution in [0.2, 0.25) is 0 Å². The van der Waals surface area contributed by atoms with Gasteiger partial charge in [-0.25, -0.2) is 9.98 Å². The van der Waals surface area contributed by atoms with Crippen molar-refractivity contribution in [2.75, 3.05) is 12.4 Å². The van der Waals surface area contributed by atoms with Crippen molar-refractivity contribution >= 4 is 17.7 Å². The molecule has 0 spiro atoms. The van der Waals surface area contributed by atoms with E-state index in [1.165, 1.54) is 13.4 Å². The number of anilines is 1. The molecule has 7 heteroatoms. The number of hydrogen-bond acceptors (Lipinski definition) is 7. The number of benzene rings is 1. The summed E-state index contributed by atoms with van der Waals surface area (Å²) in [6.07, 6.45) is 6.71. The molecule has 0 amide bonds. The fourth-order valence-electron chi connectivity index (χ4n) is 3.00. The smallest absolute Gasteiger partial charge is 0.250 e. The molecule has 0 saturated heterocycles. The Morgan fingerprint density at radius 3 is 2.85 bits per heavy atom. The van der Waals surface area contributed by atoms with Gasteiger partial charge < -0.3 is 19.9 Å². The molecule has 7 nitrogen and oxygen atoms in total. The Hall–Kier alpha value is -3.03. The Balaban J connectivity index is 1.66. The third kappa shape index (κ3) is 3.47. The third-order valence-corrected chi connectivity index (χ3v) is 4.58. The quantitative estimate of drug-likeness (QED) is 0.809. The lowest BCUT2D eigenvalue weighted by atomic mass is 10.0. The van der Waals surface area contributed by atoms with E-state index >= 15 is 0 Å². The molecule has 2 N–H and O–H groups in total. The minimum atomic E-state index is -1.36. The summed E-state index contributed by atoms with van der Waals surface area (Å²) in [7, 11) is 1.46. The lowest BCUT2D eigenvalue weighted by Crippen LogP contribution is -2.31. The Morgan fingerprint density at radius 1 is 1.26 bits per heavy atom. The highest BCUT2D eigenvalue weighted by molar-refractivity contribution is 5.90. The summed E-state index contributed by atoms with van der Waals surface area (Å²) < 4.78 is 11.1. The van der Waals surface area contributed by atoms with Crippen LogP contribution in [0.5, 0.6) is 5.88 Å². The van der Waals surface area contributed by atoms with E-state index < -0.39 is 5.79 Å². The molecule has 0 fully saturated rings. The first-order valence-corrected chi connectivity index (χ1v) is 8.67. The van der Waals surface area contributed by atoms with Gasteiger partial charge >= 0.3 is 0 Å². The highest BCUT2D eigenvalue weighted by Gasteiger charge is 2.30. The highest BCUT2D eigenvalue weighted by atomic mass is 16.6. The van der Waals surface area contributed by atoms with Gasteiger partial charge in [0.15, 0.2) is 17.3 Å². The molecule has 0 radical (unpaired) electrons. The second-order valence-electron chi connectivity index (χ2n) is 6.43. The Bertz CT molecular complexity index is 939. The summed E-state index contributed by atoms with van der Waals surface area (Å²) in [5.41, 5.74) is 2.27. The zero-order valence-electron chi connectivity index (χ0n) is 15.1. The van der Waals surface area contributed by atoms with Crippen LogP contribution in [-0.4, -0.2) is 34.2 Å². The van der Waals surface area contributed by atoms with Crippen molar-refractivity contribution in [3.63, 3.8) is 0 Å². The third-order valence-electron chi connectivity index (χ3n) is 4.58. The van der Waals surface area contributed by atoms with Crippen LogP contribution < -0.4 is 10.1 Å². The zero-order valence-corrected chi connectivity index (χ0v) is 15.1. The molecule has 138 valence electrons. The number of aliphatic hydroxyl groups is 1. The van der Waals surface area contributed by atoms with Gasteiger partial charge in [0.25, 0.3) is 5.88 Å². The van der Waals surface area contributed by atoms with Gasteiger partial charge in [0.1, 0.15) is 12.1 Å². The van der Waals surface area contributed by atoms with Crippen LogP contribution >= 0.6 is 0 Å². The largest absolute Gasteiger partial charge is 0.437 e. The van der Waals surface area contributed by atoms with Gasteiger partial charge in [-0.2, -0.15) is 4.98 Å². The van der Waals surface area contributed by atoms with Crippen molar-refractivity contribution < 1.29 is 14.6 Å². The van der Waals surface area contributed by atoms with Crippen LogP contribution in [0.15, 0.2) is 65.1 Å². The molecule has 2 aromatic rings. The maximum Gasteiger partial charge on any atom is 0.250 e. The number of hydrogen-bond donors (Lipinski definition) is 2. The number of ether oxygens (including phenoxy) is 2. The number of methoxy groups -OCH3 is 1. The van der Waals surface area contributed by atoms with E-state index in [0.717, 1.165) is 5.56 Å². The Kier molecular flexibility index (Phi) is 4.47. The number of allylic oxidation sites excluding steroid dienone is 1. The average Bonchev–Trinajstić information content (AvgIpc) is 2.88. The van der Waals surface area contributed by atoms with Crippen molar-refractivity contribution in [3.8, 4) is 5.88 Å². The molecule has 1 unspecified atom stereocenters. The molecular formula is C20H20N4O3. The van der Waals surface area contributed by atoms with Crippen LogP contribution in [0.25, 0.3) is 0 Å². The van der Waals surface area contributed by atoms with Gasteiger partial charge in [-0.05, 0) is 24.6 Å². The summed E-state index contributed by atoms with van der Waals surface area (Å²) in [5, 5.41) is 13.7. The van der Waals surface area contributed by atoms with Gasteiger partial charge in [-0.3, -0.25) is 0 Å². The maximum atomic E-state index is 10.3. The van der Waals surface area contributed by atoms with Crippen LogP contribution in [0.3, 0.4) is 0 Å². The zero-order chi connectivity index (χ0) is 18.9. The molecule has 1 aromatic carbocycles. The number of fused-ring (bicyclic) bond motifs is 2. The van der Waals surface area contributed by atoms with Crippen molar-refractivity contribution in [3.05, 3.63) is 65.7 Å². The number of nitrogens with one attached hydrogen (secondary N) is 1. The normalized spacial score (nSPS) is 21.7. The maximum absolute atomic E-state index is 10.3. The summed E-state index contributed by atoms with van der Waals surface area (Å²) in [6.45, 7) is 2.05. The average molecular weight is 364 g/mol. The van der Waals surface area contributed by atoms with E-state index in [4.69, 9.17) is 9.47 Å². The van der Waals surface area contributed by atoms with E-state index in [1.807, 2.05) is 30.3 Å². The highest BCUT2D eigenvalue weighted by Crippen LogP contribution is 2.39. The lowest BCUT2D eigenvalue weighted by Gasteiger charge is -2.26.